The molecular formula is C57H34N6O. The Hall–Kier alpha value is -8.83. The summed E-state index contributed by atoms with van der Waals surface area (Å²) in [4.78, 5) is 0. The van der Waals surface area contributed by atoms with E-state index in [9.17, 15) is 15.8 Å². The van der Waals surface area contributed by atoms with Gasteiger partial charge in [-0.2, -0.15) is 15.8 Å². The molecule has 7 heteroatoms. The van der Waals surface area contributed by atoms with Gasteiger partial charge >= 0.3 is 0 Å². The smallest absolute Gasteiger partial charge is 0.137 e. The van der Waals surface area contributed by atoms with Crippen molar-refractivity contribution in [3.8, 4) is 46.4 Å². The first-order chi connectivity index (χ1) is 31.7. The zero-order valence-electron chi connectivity index (χ0n) is 34.4. The molecule has 0 N–H and O–H groups in total. The summed E-state index contributed by atoms with van der Waals surface area (Å²) in [6.45, 7) is 0. The van der Waals surface area contributed by atoms with E-state index in [1.165, 1.54) is 0 Å². The van der Waals surface area contributed by atoms with Crippen LogP contribution in [0.1, 0.15) is 52.0 Å². The van der Waals surface area contributed by atoms with Crippen molar-refractivity contribution in [1.29, 1.82) is 15.8 Å². The Morgan fingerprint density at radius 3 is 1.55 bits per heavy atom. The predicted octanol–water partition coefficient (Wildman–Crippen LogP) is 13.8. The maximum absolute atomic E-state index is 11.9. The van der Waals surface area contributed by atoms with Gasteiger partial charge in [-0.25, -0.2) is 0 Å². The van der Waals surface area contributed by atoms with Gasteiger partial charge < -0.3 is 18.1 Å². The van der Waals surface area contributed by atoms with Crippen molar-refractivity contribution in [3.05, 3.63) is 185 Å². The molecule has 2 aliphatic rings. The van der Waals surface area contributed by atoms with Crippen LogP contribution < -0.4 is 0 Å². The Labute approximate surface area is 367 Å². The molecule has 0 amide bonds. The first-order valence-corrected chi connectivity index (χ1v) is 21.6. The molecule has 0 aliphatic heterocycles. The highest BCUT2D eigenvalue weighted by Crippen LogP contribution is 2.49. The number of nitriles is 3. The molecule has 0 spiro atoms. The predicted molar refractivity (Wildman–Crippen MR) is 256 cm³/mol. The van der Waals surface area contributed by atoms with Crippen LogP contribution in [0.2, 0.25) is 0 Å². The molecule has 298 valence electrons. The SMILES string of the molecule is N#Cc1ccc(-c2c(C#N)c(-n3c4c(c5ccccc53)C=CCC4)c(-n3c4ccccc4c4cc5c(cc43)oc3ccccc35)c(-n3c4c(c5ccccc53)C=CCC4)c2C#N)cc1. The van der Waals surface area contributed by atoms with Gasteiger partial charge in [-0.1, -0.05) is 109 Å². The van der Waals surface area contributed by atoms with E-state index in [1.54, 1.807) is 12.1 Å². The van der Waals surface area contributed by atoms with E-state index in [1.807, 2.05) is 30.3 Å². The molecule has 0 bridgehead atoms. The molecule has 7 nitrogen and oxygen atoms in total. The standard InChI is InChI=1S/C57H34N6O/c58-31-34-25-27-35(28-26-34)54-44(32-59)55(61-46-19-7-1-13-36(46)37-14-2-8-20-47(37)61)57(56(45(54)33-60)62-48-21-9-3-15-38(48)39-16-4-10-22-49(39)62)63-50-23-11-5-17-40(50)42-29-43-41-18-6-12-24-52(41)64-53(43)30-51(42)63/h1-7,9,11-19,21,23-30H,8,10,20,22H2. The van der Waals surface area contributed by atoms with Crippen LogP contribution in [0.4, 0.5) is 0 Å². The Balaban J connectivity index is 1.34. The van der Waals surface area contributed by atoms with Crippen LogP contribution in [0, 0.1) is 34.0 Å². The first kappa shape index (κ1) is 35.9. The summed E-state index contributed by atoms with van der Waals surface area (Å²) in [5.74, 6) is 0. The topological polar surface area (TPSA) is 99.3 Å². The van der Waals surface area contributed by atoms with Gasteiger partial charge in [-0.3, -0.25) is 0 Å². The van der Waals surface area contributed by atoms with Crippen LogP contribution in [-0.2, 0) is 12.8 Å². The van der Waals surface area contributed by atoms with Gasteiger partial charge in [0.15, 0.2) is 0 Å². The number of hydrogen-bond donors (Lipinski definition) is 0. The monoisotopic (exact) mass is 818 g/mol. The summed E-state index contributed by atoms with van der Waals surface area (Å²) in [5.41, 5.74) is 14.4. The number of fused-ring (bicyclic) bond motifs is 12. The Bertz CT molecular complexity index is 3910. The second-order valence-electron chi connectivity index (χ2n) is 16.7. The van der Waals surface area contributed by atoms with Crippen molar-refractivity contribution in [3.63, 3.8) is 0 Å². The third-order valence-corrected chi connectivity index (χ3v) is 13.5. The van der Waals surface area contributed by atoms with E-state index in [4.69, 9.17) is 4.42 Å². The third-order valence-electron chi connectivity index (χ3n) is 13.5. The van der Waals surface area contributed by atoms with Gasteiger partial charge in [-0.05, 0) is 73.7 Å². The van der Waals surface area contributed by atoms with Crippen LogP contribution in [0.25, 0.3) is 106 Å². The van der Waals surface area contributed by atoms with Gasteiger partial charge in [-0.15, -0.1) is 0 Å². The molecule has 7 aromatic carbocycles. The maximum atomic E-state index is 11.9. The number of aromatic nitrogens is 3. The van der Waals surface area contributed by atoms with E-state index in [0.29, 0.717) is 39.2 Å². The number of hydrogen-bond acceptors (Lipinski definition) is 4. The molecule has 64 heavy (non-hydrogen) atoms. The minimum Gasteiger partial charge on any atom is -0.456 e. The van der Waals surface area contributed by atoms with Crippen LogP contribution in [-0.4, -0.2) is 13.7 Å². The summed E-state index contributed by atoms with van der Waals surface area (Å²) in [7, 11) is 0. The molecule has 0 radical (unpaired) electrons. The fourth-order valence-electron chi connectivity index (χ4n) is 10.9. The molecule has 0 unspecified atom stereocenters. The van der Waals surface area contributed by atoms with E-state index in [0.717, 1.165) is 119 Å². The number of allylic oxidation sites excluding steroid dienone is 2. The molecule has 0 fully saturated rings. The molecular weight excluding hydrogens is 785 g/mol. The van der Waals surface area contributed by atoms with Crippen molar-refractivity contribution < 1.29 is 4.42 Å². The Kier molecular flexibility index (Phi) is 7.62. The second-order valence-corrected chi connectivity index (χ2v) is 16.7. The normalized spacial score (nSPS) is 13.2. The number of para-hydroxylation sites is 4. The number of nitrogens with zero attached hydrogens (tertiary/aromatic N) is 6. The zero-order valence-corrected chi connectivity index (χ0v) is 34.4. The van der Waals surface area contributed by atoms with E-state index < -0.39 is 0 Å². The summed E-state index contributed by atoms with van der Waals surface area (Å²) in [6.07, 6.45) is 12.1. The van der Waals surface area contributed by atoms with Crippen molar-refractivity contribution in [2.75, 3.05) is 0 Å². The van der Waals surface area contributed by atoms with E-state index in [-0.39, 0.29) is 0 Å². The number of furan rings is 1. The molecule has 11 aromatic rings. The minimum atomic E-state index is 0.374. The van der Waals surface area contributed by atoms with Crippen LogP contribution >= 0.6 is 0 Å². The van der Waals surface area contributed by atoms with Gasteiger partial charge in [0, 0.05) is 66.5 Å². The summed E-state index contributed by atoms with van der Waals surface area (Å²) >= 11 is 0. The first-order valence-electron chi connectivity index (χ1n) is 21.6. The summed E-state index contributed by atoms with van der Waals surface area (Å²) < 4.78 is 13.6. The highest BCUT2D eigenvalue weighted by atomic mass is 16.3. The highest BCUT2D eigenvalue weighted by molar-refractivity contribution is 6.18. The van der Waals surface area contributed by atoms with Crippen LogP contribution in [0.5, 0.6) is 0 Å². The highest BCUT2D eigenvalue weighted by Gasteiger charge is 2.35. The quantitative estimate of drug-likeness (QED) is 0.176. The lowest BCUT2D eigenvalue weighted by molar-refractivity contribution is 0.669. The lowest BCUT2D eigenvalue weighted by Gasteiger charge is -2.28. The molecule has 4 aromatic heterocycles. The number of benzene rings is 7. The largest absolute Gasteiger partial charge is 0.456 e. The molecule has 0 saturated carbocycles. The Morgan fingerprint density at radius 1 is 0.438 bits per heavy atom. The van der Waals surface area contributed by atoms with Gasteiger partial charge in [0.25, 0.3) is 0 Å². The van der Waals surface area contributed by atoms with Crippen molar-refractivity contribution in [1.82, 2.24) is 13.7 Å². The van der Waals surface area contributed by atoms with Crippen molar-refractivity contribution in [2.45, 2.75) is 25.7 Å². The maximum Gasteiger partial charge on any atom is 0.137 e. The average molecular weight is 819 g/mol. The van der Waals surface area contributed by atoms with Gasteiger partial charge in [0.1, 0.15) is 23.3 Å². The number of rotatable bonds is 4. The average Bonchev–Trinajstić information content (AvgIpc) is 4.08. The zero-order chi connectivity index (χ0) is 42.6. The molecule has 2 aliphatic carbocycles. The van der Waals surface area contributed by atoms with Gasteiger partial charge in [0.05, 0.1) is 61.9 Å². The van der Waals surface area contributed by atoms with Gasteiger partial charge in [0.2, 0.25) is 0 Å². The second kappa shape index (κ2) is 13.6. The van der Waals surface area contributed by atoms with E-state index >= 15 is 0 Å². The van der Waals surface area contributed by atoms with E-state index in [2.05, 4.69) is 147 Å². The summed E-state index contributed by atoms with van der Waals surface area (Å²) in [6, 6.07) is 52.9. The lowest BCUT2D eigenvalue weighted by Crippen LogP contribution is -2.17. The molecule has 0 saturated heterocycles. The molecule has 13 rings (SSSR count). The molecule has 0 atom stereocenters. The van der Waals surface area contributed by atoms with Crippen molar-refractivity contribution >= 4 is 77.7 Å². The Morgan fingerprint density at radius 2 is 0.969 bits per heavy atom. The minimum absolute atomic E-state index is 0.374. The van der Waals surface area contributed by atoms with Crippen LogP contribution in [0.3, 0.4) is 0 Å². The summed E-state index contributed by atoms with van der Waals surface area (Å²) in [5, 5.41) is 40.1. The van der Waals surface area contributed by atoms with Crippen LogP contribution in [0.15, 0.2) is 150 Å². The fourth-order valence-corrected chi connectivity index (χ4v) is 10.9. The third kappa shape index (κ3) is 4.83. The molecule has 4 heterocycles. The lowest BCUT2D eigenvalue weighted by atomic mass is 9.89. The van der Waals surface area contributed by atoms with Crippen molar-refractivity contribution in [2.24, 2.45) is 0 Å². The fraction of sp³-hybridized carbons (Fsp3) is 0.0702.